The van der Waals surface area contributed by atoms with Gasteiger partial charge in [0.1, 0.15) is 0 Å². The minimum absolute atomic E-state index is 0.0586. The lowest BCUT2D eigenvalue weighted by atomic mass is 10.0. The molecule has 7 heteroatoms. The van der Waals surface area contributed by atoms with E-state index in [0.29, 0.717) is 25.6 Å². The van der Waals surface area contributed by atoms with E-state index >= 15 is 0 Å². The van der Waals surface area contributed by atoms with Gasteiger partial charge in [0.25, 0.3) is 0 Å². The summed E-state index contributed by atoms with van der Waals surface area (Å²) in [4.78, 5) is 16.1. The summed E-state index contributed by atoms with van der Waals surface area (Å²) in [6, 6.07) is 0.585. The molecule has 0 bridgehead atoms. The monoisotopic (exact) mass is 303 g/mol. The molecule has 0 aliphatic carbocycles. The molecule has 6 nitrogen and oxygen atoms in total. The molecule has 2 heterocycles. The zero-order valence-corrected chi connectivity index (χ0v) is 12.9. The SMILES string of the molecule is CC1CCCCN1CCN1CC(CS(N)(=O)=O)CC1=O. The number of amides is 1. The van der Waals surface area contributed by atoms with Crippen molar-refractivity contribution in [1.29, 1.82) is 0 Å². The summed E-state index contributed by atoms with van der Waals surface area (Å²) >= 11 is 0. The van der Waals surface area contributed by atoms with Crippen molar-refractivity contribution in [3.63, 3.8) is 0 Å². The Bertz CT molecular complexity index is 452. The lowest BCUT2D eigenvalue weighted by molar-refractivity contribution is -0.128. The van der Waals surface area contributed by atoms with E-state index in [1.54, 1.807) is 4.90 Å². The minimum Gasteiger partial charge on any atom is -0.341 e. The highest BCUT2D eigenvalue weighted by Gasteiger charge is 2.32. The highest BCUT2D eigenvalue weighted by Crippen LogP contribution is 2.20. The second-order valence-electron chi connectivity index (χ2n) is 6.12. The van der Waals surface area contributed by atoms with Crippen molar-refractivity contribution >= 4 is 15.9 Å². The molecular formula is C13H25N3O3S. The fourth-order valence-corrected chi connectivity index (χ4v) is 4.13. The Labute approximate surface area is 121 Å². The molecule has 0 aromatic rings. The van der Waals surface area contributed by atoms with Crippen molar-refractivity contribution in [2.24, 2.45) is 11.1 Å². The van der Waals surface area contributed by atoms with Crippen molar-refractivity contribution < 1.29 is 13.2 Å². The lowest BCUT2D eigenvalue weighted by Crippen LogP contribution is -2.43. The molecule has 2 saturated heterocycles. The molecule has 116 valence electrons. The van der Waals surface area contributed by atoms with Gasteiger partial charge < -0.3 is 4.90 Å². The van der Waals surface area contributed by atoms with Gasteiger partial charge in [-0.15, -0.1) is 0 Å². The molecule has 2 N–H and O–H groups in total. The molecule has 2 rings (SSSR count). The van der Waals surface area contributed by atoms with Crippen LogP contribution in [-0.2, 0) is 14.8 Å². The number of piperidine rings is 1. The van der Waals surface area contributed by atoms with Gasteiger partial charge in [0.15, 0.2) is 0 Å². The third-order valence-corrected chi connectivity index (χ3v) is 5.30. The van der Waals surface area contributed by atoms with Crippen LogP contribution >= 0.6 is 0 Å². The first-order valence-electron chi connectivity index (χ1n) is 7.37. The minimum atomic E-state index is -3.49. The predicted octanol–water partition coefficient (Wildman–Crippen LogP) is -0.00220. The van der Waals surface area contributed by atoms with Crippen molar-refractivity contribution in [3.05, 3.63) is 0 Å². The summed E-state index contributed by atoms with van der Waals surface area (Å²) in [7, 11) is -3.49. The Kier molecular flexibility index (Phi) is 5.04. The molecule has 0 aromatic carbocycles. The van der Waals surface area contributed by atoms with Crippen LogP contribution in [0, 0.1) is 5.92 Å². The van der Waals surface area contributed by atoms with Crippen LogP contribution in [0.3, 0.4) is 0 Å². The third-order valence-electron chi connectivity index (χ3n) is 4.36. The van der Waals surface area contributed by atoms with Crippen LogP contribution in [0.1, 0.15) is 32.6 Å². The van der Waals surface area contributed by atoms with Gasteiger partial charge in [-0.25, -0.2) is 13.6 Å². The molecule has 2 aliphatic rings. The van der Waals surface area contributed by atoms with Crippen LogP contribution in [0.4, 0.5) is 0 Å². The van der Waals surface area contributed by atoms with Crippen LogP contribution in [0.5, 0.6) is 0 Å². The van der Waals surface area contributed by atoms with Crippen LogP contribution in [0.2, 0.25) is 0 Å². The molecule has 0 saturated carbocycles. The van der Waals surface area contributed by atoms with E-state index in [9.17, 15) is 13.2 Å². The number of carbonyl (C=O) groups excluding carboxylic acids is 1. The summed E-state index contributed by atoms with van der Waals surface area (Å²) in [5.74, 6) is -0.172. The van der Waals surface area contributed by atoms with E-state index < -0.39 is 10.0 Å². The topological polar surface area (TPSA) is 83.7 Å². The summed E-state index contributed by atoms with van der Waals surface area (Å²) in [6.07, 6.45) is 4.05. The van der Waals surface area contributed by atoms with Gasteiger partial charge in [0, 0.05) is 38.0 Å². The third kappa shape index (κ3) is 4.43. The number of hydrogen-bond donors (Lipinski definition) is 1. The molecule has 0 aromatic heterocycles. The van der Waals surface area contributed by atoms with E-state index in [2.05, 4.69) is 11.8 Å². The Morgan fingerprint density at radius 3 is 2.70 bits per heavy atom. The maximum absolute atomic E-state index is 11.9. The maximum Gasteiger partial charge on any atom is 0.223 e. The van der Waals surface area contributed by atoms with Gasteiger partial charge in [-0.1, -0.05) is 6.42 Å². The van der Waals surface area contributed by atoms with Crippen molar-refractivity contribution in [2.45, 2.75) is 38.6 Å². The summed E-state index contributed by atoms with van der Waals surface area (Å²) in [6.45, 7) is 5.44. The van der Waals surface area contributed by atoms with Crippen molar-refractivity contribution in [1.82, 2.24) is 9.80 Å². The second kappa shape index (κ2) is 6.41. The molecule has 0 spiro atoms. The van der Waals surface area contributed by atoms with Gasteiger partial charge in [-0.05, 0) is 26.3 Å². The Morgan fingerprint density at radius 1 is 1.30 bits per heavy atom. The largest absolute Gasteiger partial charge is 0.341 e. The highest BCUT2D eigenvalue weighted by molar-refractivity contribution is 7.89. The number of nitrogens with zero attached hydrogens (tertiary/aromatic N) is 2. The van der Waals surface area contributed by atoms with Crippen LogP contribution in [-0.4, -0.2) is 62.1 Å². The average molecular weight is 303 g/mol. The first kappa shape index (κ1) is 15.7. The van der Waals surface area contributed by atoms with Gasteiger partial charge in [-0.2, -0.15) is 0 Å². The van der Waals surface area contributed by atoms with Crippen LogP contribution in [0.25, 0.3) is 0 Å². The number of rotatable bonds is 5. The number of nitrogens with two attached hydrogens (primary N) is 1. The lowest BCUT2D eigenvalue weighted by Gasteiger charge is -2.34. The molecule has 0 radical (unpaired) electrons. The quantitative estimate of drug-likeness (QED) is 0.775. The molecule has 1 amide bonds. The maximum atomic E-state index is 11.9. The Morgan fingerprint density at radius 2 is 2.05 bits per heavy atom. The number of likely N-dealkylation sites (tertiary alicyclic amines) is 2. The molecular weight excluding hydrogens is 278 g/mol. The van der Waals surface area contributed by atoms with E-state index in [1.807, 2.05) is 0 Å². The molecule has 2 atom stereocenters. The molecule has 2 unspecified atom stereocenters. The van der Waals surface area contributed by atoms with E-state index in [-0.39, 0.29) is 17.6 Å². The fourth-order valence-electron chi connectivity index (χ4n) is 3.25. The first-order valence-corrected chi connectivity index (χ1v) is 9.09. The zero-order valence-electron chi connectivity index (χ0n) is 12.1. The second-order valence-corrected chi connectivity index (χ2v) is 7.78. The molecule has 2 fully saturated rings. The van der Waals surface area contributed by atoms with E-state index in [1.165, 1.54) is 19.3 Å². The smallest absolute Gasteiger partial charge is 0.223 e. The predicted molar refractivity (Wildman–Crippen MR) is 77.5 cm³/mol. The highest BCUT2D eigenvalue weighted by atomic mass is 32.2. The number of sulfonamides is 1. The number of hydrogen-bond acceptors (Lipinski definition) is 4. The standard InChI is InChI=1S/C13H25N3O3S/c1-11-4-2-3-5-15(11)6-7-16-9-12(8-13(16)17)10-20(14,18)19/h11-12H,2-10H2,1H3,(H2,14,18,19). The summed E-state index contributed by atoms with van der Waals surface area (Å²) in [5, 5.41) is 5.05. The van der Waals surface area contributed by atoms with Crippen molar-refractivity contribution in [2.75, 3.05) is 31.9 Å². The Hall–Kier alpha value is -0.660. The molecule has 2 aliphatic heterocycles. The van der Waals surface area contributed by atoms with Crippen molar-refractivity contribution in [3.8, 4) is 0 Å². The number of carbonyl (C=O) groups is 1. The summed E-state index contributed by atoms with van der Waals surface area (Å²) in [5.41, 5.74) is 0. The van der Waals surface area contributed by atoms with Gasteiger partial charge >= 0.3 is 0 Å². The van der Waals surface area contributed by atoms with Gasteiger partial charge in [-0.3, -0.25) is 9.69 Å². The number of primary sulfonamides is 1. The van der Waals surface area contributed by atoms with Gasteiger partial charge in [0.2, 0.25) is 15.9 Å². The fraction of sp³-hybridized carbons (Fsp3) is 0.923. The van der Waals surface area contributed by atoms with Crippen LogP contribution < -0.4 is 5.14 Å². The Balaban J connectivity index is 1.80. The van der Waals surface area contributed by atoms with Gasteiger partial charge in [0.05, 0.1) is 5.75 Å². The van der Waals surface area contributed by atoms with Crippen LogP contribution in [0.15, 0.2) is 0 Å². The van der Waals surface area contributed by atoms with E-state index in [0.717, 1.165) is 13.1 Å². The average Bonchev–Trinajstić information content (AvgIpc) is 2.66. The molecule has 20 heavy (non-hydrogen) atoms. The summed E-state index contributed by atoms with van der Waals surface area (Å²) < 4.78 is 22.2. The zero-order chi connectivity index (χ0) is 14.8. The first-order chi connectivity index (χ1) is 9.35. The normalized spacial score (nSPS) is 29.1. The van der Waals surface area contributed by atoms with E-state index in [4.69, 9.17) is 5.14 Å².